The van der Waals surface area contributed by atoms with Crippen molar-refractivity contribution in [3.63, 3.8) is 0 Å². The zero-order valence-corrected chi connectivity index (χ0v) is 16.4. The summed E-state index contributed by atoms with van der Waals surface area (Å²) in [5.74, 6) is 1.64. The minimum atomic E-state index is 0.101. The first-order valence-electron chi connectivity index (χ1n) is 10.3. The lowest BCUT2D eigenvalue weighted by Gasteiger charge is -2.42. The van der Waals surface area contributed by atoms with E-state index in [1.165, 1.54) is 18.4 Å². The maximum absolute atomic E-state index is 13.3. The standard InChI is InChI=1S/C22H30N2O3/c1-15(25)24-14-19(16-9-11-18(27-2)12-10-16)21-20(24)8-5-13-23(21)22(26)17-6-3-4-7-17/h9-12,17,19-21H,3-8,13-14H2,1-2H3/t19-,20-,21-/m1/s1. The molecule has 1 saturated carbocycles. The molecule has 0 unspecified atom stereocenters. The lowest BCUT2D eigenvalue weighted by molar-refractivity contribution is -0.142. The van der Waals surface area contributed by atoms with Crippen LogP contribution in [0, 0.1) is 5.92 Å². The quantitative estimate of drug-likeness (QED) is 0.821. The average Bonchev–Trinajstić information content (AvgIpc) is 3.35. The summed E-state index contributed by atoms with van der Waals surface area (Å²) in [6.07, 6.45) is 6.36. The molecule has 146 valence electrons. The minimum absolute atomic E-state index is 0.101. The largest absolute Gasteiger partial charge is 0.497 e. The summed E-state index contributed by atoms with van der Waals surface area (Å²) in [5, 5.41) is 0. The fourth-order valence-electron chi connectivity index (χ4n) is 5.46. The predicted octanol–water partition coefficient (Wildman–Crippen LogP) is 3.19. The van der Waals surface area contributed by atoms with Crippen LogP contribution in [0.4, 0.5) is 0 Å². The molecule has 5 heteroatoms. The lowest BCUT2D eigenvalue weighted by atomic mass is 9.85. The smallest absolute Gasteiger partial charge is 0.226 e. The monoisotopic (exact) mass is 370 g/mol. The molecule has 0 N–H and O–H groups in total. The second-order valence-electron chi connectivity index (χ2n) is 8.26. The second kappa shape index (κ2) is 7.53. The van der Waals surface area contributed by atoms with Crippen LogP contribution in [-0.2, 0) is 9.59 Å². The Labute approximate surface area is 161 Å². The molecular weight excluding hydrogens is 340 g/mol. The van der Waals surface area contributed by atoms with Gasteiger partial charge >= 0.3 is 0 Å². The van der Waals surface area contributed by atoms with E-state index in [9.17, 15) is 9.59 Å². The number of fused-ring (bicyclic) bond motifs is 1. The minimum Gasteiger partial charge on any atom is -0.497 e. The molecule has 5 nitrogen and oxygen atoms in total. The first-order chi connectivity index (χ1) is 13.1. The van der Waals surface area contributed by atoms with E-state index < -0.39 is 0 Å². The Morgan fingerprint density at radius 2 is 1.70 bits per heavy atom. The third kappa shape index (κ3) is 3.32. The van der Waals surface area contributed by atoms with Crippen molar-refractivity contribution in [3.8, 4) is 5.75 Å². The van der Waals surface area contributed by atoms with Crippen LogP contribution in [0.5, 0.6) is 5.75 Å². The topological polar surface area (TPSA) is 49.9 Å². The van der Waals surface area contributed by atoms with E-state index in [0.29, 0.717) is 12.5 Å². The molecule has 3 aliphatic rings. The molecule has 2 aliphatic heterocycles. The highest BCUT2D eigenvalue weighted by molar-refractivity contribution is 5.80. The Kier molecular flexibility index (Phi) is 5.11. The first kappa shape index (κ1) is 18.3. The number of carbonyl (C=O) groups excluding carboxylic acids is 2. The van der Waals surface area contributed by atoms with Gasteiger partial charge in [0.25, 0.3) is 0 Å². The number of rotatable bonds is 3. The highest BCUT2D eigenvalue weighted by atomic mass is 16.5. The van der Waals surface area contributed by atoms with Gasteiger partial charge in [-0.15, -0.1) is 0 Å². The number of likely N-dealkylation sites (tertiary alicyclic amines) is 2. The fourth-order valence-corrected chi connectivity index (χ4v) is 5.46. The molecule has 0 bridgehead atoms. The van der Waals surface area contributed by atoms with E-state index in [4.69, 9.17) is 4.74 Å². The van der Waals surface area contributed by atoms with Crippen LogP contribution in [0.2, 0.25) is 0 Å². The maximum Gasteiger partial charge on any atom is 0.226 e. The zero-order chi connectivity index (χ0) is 19.0. The Morgan fingerprint density at radius 1 is 1.00 bits per heavy atom. The maximum atomic E-state index is 13.3. The van der Waals surface area contributed by atoms with E-state index in [-0.39, 0.29) is 29.8 Å². The molecule has 0 spiro atoms. The van der Waals surface area contributed by atoms with Crippen LogP contribution in [0.15, 0.2) is 24.3 Å². The highest BCUT2D eigenvalue weighted by Crippen LogP contribution is 2.42. The van der Waals surface area contributed by atoms with E-state index in [1.54, 1.807) is 14.0 Å². The van der Waals surface area contributed by atoms with Crippen LogP contribution in [0.3, 0.4) is 0 Å². The summed E-state index contributed by atoms with van der Waals surface area (Å²) in [7, 11) is 1.67. The number of amides is 2. The van der Waals surface area contributed by atoms with Gasteiger partial charge in [0.1, 0.15) is 5.75 Å². The summed E-state index contributed by atoms with van der Waals surface area (Å²) >= 11 is 0. The molecular formula is C22H30N2O3. The van der Waals surface area contributed by atoms with Gasteiger partial charge in [0.05, 0.1) is 19.2 Å². The molecule has 2 amide bonds. The van der Waals surface area contributed by atoms with Gasteiger partial charge in [-0.3, -0.25) is 9.59 Å². The number of hydrogen-bond acceptors (Lipinski definition) is 3. The van der Waals surface area contributed by atoms with Gasteiger partial charge in [-0.1, -0.05) is 25.0 Å². The number of benzene rings is 1. The van der Waals surface area contributed by atoms with E-state index in [2.05, 4.69) is 17.0 Å². The van der Waals surface area contributed by atoms with Gasteiger partial charge in [-0.05, 0) is 43.4 Å². The summed E-state index contributed by atoms with van der Waals surface area (Å²) in [5.41, 5.74) is 1.20. The summed E-state index contributed by atoms with van der Waals surface area (Å²) in [6, 6.07) is 8.39. The normalized spacial score (nSPS) is 28.3. The molecule has 3 atom stereocenters. The molecule has 2 saturated heterocycles. The Bertz CT molecular complexity index is 696. The van der Waals surface area contributed by atoms with Gasteiger partial charge in [0.15, 0.2) is 0 Å². The third-order valence-corrected chi connectivity index (χ3v) is 6.79. The van der Waals surface area contributed by atoms with Crippen LogP contribution in [0.25, 0.3) is 0 Å². The third-order valence-electron chi connectivity index (χ3n) is 6.79. The number of nitrogens with zero attached hydrogens (tertiary/aromatic N) is 2. The van der Waals surface area contributed by atoms with Crippen LogP contribution in [-0.4, -0.2) is 53.9 Å². The van der Waals surface area contributed by atoms with Crippen molar-refractivity contribution in [2.24, 2.45) is 5.92 Å². The fraction of sp³-hybridized carbons (Fsp3) is 0.636. The van der Waals surface area contributed by atoms with Gasteiger partial charge in [0, 0.05) is 31.8 Å². The zero-order valence-electron chi connectivity index (χ0n) is 16.4. The molecule has 4 rings (SSSR count). The molecule has 2 heterocycles. The number of hydrogen-bond donors (Lipinski definition) is 0. The molecule has 0 aromatic heterocycles. The van der Waals surface area contributed by atoms with Crippen LogP contribution < -0.4 is 4.74 Å². The van der Waals surface area contributed by atoms with Crippen molar-refractivity contribution in [1.82, 2.24) is 9.80 Å². The first-order valence-corrected chi connectivity index (χ1v) is 10.3. The lowest BCUT2D eigenvalue weighted by Crippen LogP contribution is -2.55. The van der Waals surface area contributed by atoms with Crippen LogP contribution >= 0.6 is 0 Å². The van der Waals surface area contributed by atoms with Crippen LogP contribution in [0.1, 0.15) is 56.9 Å². The van der Waals surface area contributed by atoms with Crippen molar-refractivity contribution in [2.75, 3.05) is 20.2 Å². The molecule has 0 radical (unpaired) electrons. The highest BCUT2D eigenvalue weighted by Gasteiger charge is 2.50. The van der Waals surface area contributed by atoms with Crippen molar-refractivity contribution in [2.45, 2.75) is 63.5 Å². The Morgan fingerprint density at radius 3 is 2.33 bits per heavy atom. The number of ether oxygens (including phenoxy) is 1. The van der Waals surface area contributed by atoms with Crippen molar-refractivity contribution >= 4 is 11.8 Å². The van der Waals surface area contributed by atoms with Gasteiger partial charge in [-0.2, -0.15) is 0 Å². The summed E-state index contributed by atoms with van der Waals surface area (Å²) in [4.78, 5) is 29.8. The number of carbonyl (C=O) groups is 2. The Balaban J connectivity index is 1.66. The van der Waals surface area contributed by atoms with Gasteiger partial charge in [-0.25, -0.2) is 0 Å². The molecule has 27 heavy (non-hydrogen) atoms. The molecule has 1 aliphatic carbocycles. The molecule has 1 aromatic rings. The van der Waals surface area contributed by atoms with Crippen molar-refractivity contribution in [3.05, 3.63) is 29.8 Å². The average molecular weight is 370 g/mol. The second-order valence-corrected chi connectivity index (χ2v) is 8.26. The van der Waals surface area contributed by atoms with Crippen molar-refractivity contribution in [1.29, 1.82) is 0 Å². The number of methoxy groups -OCH3 is 1. The molecule has 3 fully saturated rings. The van der Waals surface area contributed by atoms with E-state index in [0.717, 1.165) is 38.0 Å². The van der Waals surface area contributed by atoms with Gasteiger partial charge < -0.3 is 14.5 Å². The van der Waals surface area contributed by atoms with E-state index in [1.807, 2.05) is 17.0 Å². The van der Waals surface area contributed by atoms with Crippen molar-refractivity contribution < 1.29 is 14.3 Å². The SMILES string of the molecule is COc1ccc([C@H]2CN(C(C)=O)[C@@H]3CCCN(C(=O)C4CCCC4)[C@H]23)cc1. The van der Waals surface area contributed by atoms with E-state index >= 15 is 0 Å². The Hall–Kier alpha value is -2.04. The predicted molar refractivity (Wildman–Crippen MR) is 104 cm³/mol. The summed E-state index contributed by atoms with van der Waals surface area (Å²) < 4.78 is 5.30. The summed E-state index contributed by atoms with van der Waals surface area (Å²) in [6.45, 7) is 3.19. The van der Waals surface area contributed by atoms with Gasteiger partial charge in [0.2, 0.25) is 11.8 Å². The number of piperidine rings is 1. The molecule has 1 aromatic carbocycles.